The topological polar surface area (TPSA) is 60.2 Å². The highest BCUT2D eigenvalue weighted by Crippen LogP contribution is 2.40. The van der Waals surface area contributed by atoms with Crippen molar-refractivity contribution in [2.24, 2.45) is 0 Å². The zero-order chi connectivity index (χ0) is 19.7. The number of nitrogens with zero attached hydrogens (tertiary/aromatic N) is 3. The van der Waals surface area contributed by atoms with Gasteiger partial charge in [0.2, 0.25) is 0 Å². The molecule has 3 rings (SSSR count). The Kier molecular flexibility index (Phi) is 5.12. The summed E-state index contributed by atoms with van der Waals surface area (Å²) in [6.45, 7) is 1.16. The Hall–Kier alpha value is -2.58. The lowest BCUT2D eigenvalue weighted by Crippen LogP contribution is -2.30. The number of aromatic nitrogens is 3. The van der Waals surface area contributed by atoms with E-state index in [-0.39, 0.29) is 17.9 Å². The molecule has 3 aromatic rings. The maximum Gasteiger partial charge on any atom is 0.416 e. The molecular weight excluding hydrogens is 383 g/mol. The van der Waals surface area contributed by atoms with Crippen LogP contribution in [0.15, 0.2) is 55.1 Å². The van der Waals surface area contributed by atoms with Crippen LogP contribution in [0.25, 0.3) is 0 Å². The van der Waals surface area contributed by atoms with Gasteiger partial charge in [0.15, 0.2) is 0 Å². The average Bonchev–Trinajstić information content (AvgIpc) is 3.08. The summed E-state index contributed by atoms with van der Waals surface area (Å²) in [7, 11) is 0. The van der Waals surface area contributed by atoms with Crippen molar-refractivity contribution < 1.29 is 23.0 Å². The Labute approximate surface area is 158 Å². The first kappa shape index (κ1) is 19.2. The fourth-order valence-electron chi connectivity index (χ4n) is 2.67. The molecule has 1 aromatic heterocycles. The molecular formula is C18H15ClF3N3O2. The van der Waals surface area contributed by atoms with Crippen molar-refractivity contribution in [2.45, 2.75) is 25.2 Å². The summed E-state index contributed by atoms with van der Waals surface area (Å²) in [5.74, 6) is 0.338. The molecule has 5 nitrogen and oxygen atoms in total. The molecule has 0 spiro atoms. The van der Waals surface area contributed by atoms with E-state index in [2.05, 4.69) is 10.2 Å². The van der Waals surface area contributed by atoms with Crippen molar-refractivity contribution in [3.63, 3.8) is 0 Å². The molecule has 1 N–H and O–H groups in total. The van der Waals surface area contributed by atoms with Gasteiger partial charge in [-0.1, -0.05) is 17.7 Å². The van der Waals surface area contributed by atoms with Crippen LogP contribution in [0.2, 0.25) is 5.02 Å². The van der Waals surface area contributed by atoms with E-state index in [0.717, 1.165) is 6.07 Å². The molecule has 142 valence electrons. The molecule has 0 radical (unpaired) electrons. The van der Waals surface area contributed by atoms with E-state index in [1.807, 2.05) is 0 Å². The molecule has 9 heteroatoms. The van der Waals surface area contributed by atoms with E-state index in [1.54, 1.807) is 24.3 Å². The van der Waals surface area contributed by atoms with Gasteiger partial charge in [0.05, 0.1) is 12.1 Å². The van der Waals surface area contributed by atoms with Gasteiger partial charge in [0, 0.05) is 5.02 Å². The van der Waals surface area contributed by atoms with Gasteiger partial charge in [-0.2, -0.15) is 13.2 Å². The third kappa shape index (κ3) is 4.58. The maximum absolute atomic E-state index is 13.6. The van der Waals surface area contributed by atoms with E-state index in [0.29, 0.717) is 10.8 Å². The fraction of sp³-hybridized carbons (Fsp3) is 0.222. The van der Waals surface area contributed by atoms with Crippen molar-refractivity contribution in [1.29, 1.82) is 0 Å². The molecule has 0 aliphatic carbocycles. The van der Waals surface area contributed by atoms with Crippen LogP contribution in [-0.4, -0.2) is 19.9 Å². The van der Waals surface area contributed by atoms with E-state index in [9.17, 15) is 18.3 Å². The zero-order valence-electron chi connectivity index (χ0n) is 14.1. The highest BCUT2D eigenvalue weighted by atomic mass is 35.5. The van der Waals surface area contributed by atoms with Gasteiger partial charge >= 0.3 is 6.18 Å². The summed E-state index contributed by atoms with van der Waals surface area (Å²) in [4.78, 5) is 0. The summed E-state index contributed by atoms with van der Waals surface area (Å²) < 4.78 is 47.7. The van der Waals surface area contributed by atoms with Crippen LogP contribution >= 0.6 is 11.6 Å². The number of halogens is 4. The fourth-order valence-corrected chi connectivity index (χ4v) is 2.80. The van der Waals surface area contributed by atoms with Gasteiger partial charge in [-0.05, 0) is 48.9 Å². The molecule has 0 saturated carbocycles. The highest BCUT2D eigenvalue weighted by molar-refractivity contribution is 6.30. The van der Waals surface area contributed by atoms with Gasteiger partial charge in [0.1, 0.15) is 29.8 Å². The molecule has 0 aliphatic heterocycles. The van der Waals surface area contributed by atoms with E-state index in [4.69, 9.17) is 16.3 Å². The van der Waals surface area contributed by atoms with Crippen LogP contribution in [0, 0.1) is 0 Å². The van der Waals surface area contributed by atoms with Crippen LogP contribution in [0.5, 0.6) is 11.5 Å². The Balaban J connectivity index is 1.95. The number of rotatable bonds is 5. The molecule has 0 bridgehead atoms. The molecule has 1 unspecified atom stereocenters. The monoisotopic (exact) mass is 397 g/mol. The van der Waals surface area contributed by atoms with Crippen molar-refractivity contribution in [3.05, 3.63) is 71.3 Å². The molecule has 1 atom stereocenters. The number of aliphatic hydroxyl groups is 1. The number of hydrogen-bond donors (Lipinski definition) is 1. The molecule has 1 heterocycles. The second-order valence-electron chi connectivity index (χ2n) is 6.17. The maximum atomic E-state index is 13.6. The third-order valence-electron chi connectivity index (χ3n) is 3.88. The number of hydrogen-bond acceptors (Lipinski definition) is 4. The van der Waals surface area contributed by atoms with Crippen molar-refractivity contribution >= 4 is 11.6 Å². The minimum atomic E-state index is -4.67. The summed E-state index contributed by atoms with van der Waals surface area (Å²) in [5, 5.41) is 18.3. The SMILES string of the molecule is CC(O)(Cn1cnnc1)c1ccc(Oc2ccc(Cl)cc2)cc1C(F)(F)F. The first-order chi connectivity index (χ1) is 12.6. The Bertz CT molecular complexity index is 911. The second-order valence-corrected chi connectivity index (χ2v) is 6.61. The minimum Gasteiger partial charge on any atom is -0.457 e. The standard InChI is InChI=1S/C18H15ClF3N3O2/c1-17(26,9-25-10-23-24-11-25)15-7-6-14(8-16(15)18(20,21)22)27-13-4-2-12(19)3-5-13/h2-8,10-11,26H,9H2,1H3. The van der Waals surface area contributed by atoms with E-state index >= 15 is 0 Å². The van der Waals surface area contributed by atoms with Crippen LogP contribution in [0.3, 0.4) is 0 Å². The predicted molar refractivity (Wildman–Crippen MR) is 92.6 cm³/mol. The van der Waals surface area contributed by atoms with Gasteiger partial charge in [0.25, 0.3) is 0 Å². The molecule has 2 aromatic carbocycles. The number of ether oxygens (including phenoxy) is 1. The smallest absolute Gasteiger partial charge is 0.416 e. The molecule has 0 amide bonds. The van der Waals surface area contributed by atoms with Crippen LogP contribution < -0.4 is 4.74 Å². The summed E-state index contributed by atoms with van der Waals surface area (Å²) in [6, 6.07) is 9.68. The third-order valence-corrected chi connectivity index (χ3v) is 4.14. The van der Waals surface area contributed by atoms with Gasteiger partial charge < -0.3 is 14.4 Å². The van der Waals surface area contributed by atoms with Crippen LogP contribution in [0.1, 0.15) is 18.1 Å². The zero-order valence-corrected chi connectivity index (χ0v) is 14.9. The van der Waals surface area contributed by atoms with Gasteiger partial charge in [-0.3, -0.25) is 0 Å². The molecule has 0 fully saturated rings. The van der Waals surface area contributed by atoms with E-state index in [1.165, 1.54) is 36.3 Å². The quantitative estimate of drug-likeness (QED) is 0.680. The van der Waals surface area contributed by atoms with Gasteiger partial charge in [-0.25, -0.2) is 0 Å². The first-order valence-electron chi connectivity index (χ1n) is 7.85. The first-order valence-corrected chi connectivity index (χ1v) is 8.23. The van der Waals surface area contributed by atoms with Crippen LogP contribution in [0.4, 0.5) is 13.2 Å². The molecule has 0 aliphatic rings. The second kappa shape index (κ2) is 7.21. The van der Waals surface area contributed by atoms with Crippen molar-refractivity contribution in [1.82, 2.24) is 14.8 Å². The summed E-state index contributed by atoms with van der Waals surface area (Å²) >= 11 is 5.79. The molecule has 27 heavy (non-hydrogen) atoms. The number of alkyl halides is 3. The van der Waals surface area contributed by atoms with Crippen molar-refractivity contribution in [3.8, 4) is 11.5 Å². The Morgan fingerprint density at radius 1 is 1.00 bits per heavy atom. The lowest BCUT2D eigenvalue weighted by atomic mass is 9.90. The minimum absolute atomic E-state index is 0.00602. The molecule has 0 saturated heterocycles. The Morgan fingerprint density at radius 2 is 1.59 bits per heavy atom. The van der Waals surface area contributed by atoms with Gasteiger partial charge in [-0.15, -0.1) is 10.2 Å². The van der Waals surface area contributed by atoms with E-state index < -0.39 is 17.3 Å². The lowest BCUT2D eigenvalue weighted by Gasteiger charge is -2.27. The largest absolute Gasteiger partial charge is 0.457 e. The highest BCUT2D eigenvalue weighted by Gasteiger charge is 2.39. The summed E-state index contributed by atoms with van der Waals surface area (Å²) in [5.41, 5.74) is -3.05. The average molecular weight is 398 g/mol. The lowest BCUT2D eigenvalue weighted by molar-refractivity contribution is -0.140. The normalized spacial score (nSPS) is 14.0. The van der Waals surface area contributed by atoms with Crippen molar-refractivity contribution in [2.75, 3.05) is 0 Å². The summed E-state index contributed by atoms with van der Waals surface area (Å²) in [6.07, 6.45) is -2.04. The number of benzene rings is 2. The Morgan fingerprint density at radius 3 is 2.19 bits per heavy atom. The van der Waals surface area contributed by atoms with Crippen LogP contribution in [-0.2, 0) is 18.3 Å². The predicted octanol–water partition coefficient (Wildman–Crippen LogP) is 4.65.